The Bertz CT molecular complexity index is 455. The first kappa shape index (κ1) is 12.3. The molecule has 2 atom stereocenters. The quantitative estimate of drug-likeness (QED) is 0.234. The number of fused-ring (bicyclic) bond motifs is 1. The van der Waals surface area contributed by atoms with Crippen LogP contribution in [0, 0.1) is 0 Å². The normalized spacial score (nSPS) is 31.4. The van der Waals surface area contributed by atoms with E-state index in [1.807, 2.05) is 0 Å². The van der Waals surface area contributed by atoms with Crippen LogP contribution in [0.5, 0.6) is 0 Å². The molecule has 2 fully saturated rings. The summed E-state index contributed by atoms with van der Waals surface area (Å²) < 4.78 is 10.2. The minimum absolute atomic E-state index is 0.139. The van der Waals surface area contributed by atoms with Crippen molar-refractivity contribution in [2.24, 2.45) is 0 Å². The summed E-state index contributed by atoms with van der Waals surface area (Å²) in [5, 5.41) is 0. The highest BCUT2D eigenvalue weighted by atomic mass is 16.6. The standard InChI is InChI=1S/C12H13NO5/c1-3-5-12(11(16)17-2)8(4-6-14)18-10-7-9(15)13(10)12/h3-4,6,10H,1,5,7H2,2H3/b8-4-/t10-,12?/m1/s1. The minimum Gasteiger partial charge on any atom is -0.471 e. The summed E-state index contributed by atoms with van der Waals surface area (Å²) in [5.41, 5.74) is -1.38. The Kier molecular flexibility index (Phi) is 2.94. The lowest BCUT2D eigenvalue weighted by Crippen LogP contribution is -2.62. The molecule has 0 bridgehead atoms. The van der Waals surface area contributed by atoms with E-state index >= 15 is 0 Å². The molecule has 0 aromatic heterocycles. The van der Waals surface area contributed by atoms with Crippen LogP contribution in [0.4, 0.5) is 0 Å². The van der Waals surface area contributed by atoms with Gasteiger partial charge in [0.15, 0.2) is 6.23 Å². The second kappa shape index (κ2) is 4.29. The Morgan fingerprint density at radius 3 is 2.94 bits per heavy atom. The van der Waals surface area contributed by atoms with Gasteiger partial charge in [0.2, 0.25) is 11.4 Å². The fourth-order valence-corrected chi connectivity index (χ4v) is 2.40. The van der Waals surface area contributed by atoms with Gasteiger partial charge in [-0.25, -0.2) is 4.79 Å². The molecule has 0 aromatic rings. The number of hydrogen-bond acceptors (Lipinski definition) is 5. The van der Waals surface area contributed by atoms with Crippen LogP contribution in [0.3, 0.4) is 0 Å². The number of amides is 1. The van der Waals surface area contributed by atoms with Crippen LogP contribution in [0.2, 0.25) is 0 Å². The molecule has 6 nitrogen and oxygen atoms in total. The summed E-state index contributed by atoms with van der Waals surface area (Å²) in [6.07, 6.45) is 3.00. The van der Waals surface area contributed by atoms with E-state index in [9.17, 15) is 14.4 Å². The molecular weight excluding hydrogens is 238 g/mol. The lowest BCUT2D eigenvalue weighted by molar-refractivity contribution is -0.171. The molecule has 96 valence electrons. The van der Waals surface area contributed by atoms with Gasteiger partial charge in [-0.15, -0.1) is 6.58 Å². The maximum Gasteiger partial charge on any atom is 0.340 e. The Labute approximate surface area is 104 Å². The van der Waals surface area contributed by atoms with Gasteiger partial charge in [0.05, 0.1) is 13.5 Å². The number of carbonyl (C=O) groups excluding carboxylic acids is 3. The molecule has 1 unspecified atom stereocenters. The van der Waals surface area contributed by atoms with Crippen LogP contribution >= 0.6 is 0 Å². The Morgan fingerprint density at radius 1 is 1.72 bits per heavy atom. The number of hydrogen-bond donors (Lipinski definition) is 0. The van der Waals surface area contributed by atoms with Gasteiger partial charge in [-0.1, -0.05) is 6.08 Å². The molecule has 2 heterocycles. The van der Waals surface area contributed by atoms with E-state index in [0.717, 1.165) is 6.08 Å². The molecule has 0 aromatic carbocycles. The summed E-state index contributed by atoms with van der Waals surface area (Å²) in [7, 11) is 1.23. The molecule has 2 aliphatic heterocycles. The lowest BCUT2D eigenvalue weighted by Gasteiger charge is -2.40. The second-order valence-corrected chi connectivity index (χ2v) is 4.05. The molecule has 0 spiro atoms. The van der Waals surface area contributed by atoms with E-state index in [1.165, 1.54) is 18.1 Å². The molecule has 18 heavy (non-hydrogen) atoms. The number of rotatable bonds is 4. The predicted octanol–water partition coefficient (Wildman–Crippen LogP) is 0.146. The van der Waals surface area contributed by atoms with Crippen molar-refractivity contribution < 1.29 is 23.9 Å². The van der Waals surface area contributed by atoms with Crippen molar-refractivity contribution in [2.45, 2.75) is 24.6 Å². The zero-order valence-electron chi connectivity index (χ0n) is 9.92. The van der Waals surface area contributed by atoms with Gasteiger partial charge in [-0.3, -0.25) is 14.5 Å². The zero-order valence-corrected chi connectivity index (χ0v) is 9.92. The van der Waals surface area contributed by atoms with Crippen molar-refractivity contribution in [1.82, 2.24) is 4.90 Å². The maximum absolute atomic E-state index is 12.0. The number of carbonyl (C=O) groups is 3. The Hall–Kier alpha value is -2.11. The largest absolute Gasteiger partial charge is 0.471 e. The molecule has 2 rings (SSSR count). The fraction of sp³-hybridized carbons (Fsp3) is 0.417. The number of aldehydes is 1. The van der Waals surface area contributed by atoms with E-state index in [1.54, 1.807) is 0 Å². The van der Waals surface area contributed by atoms with Crippen molar-refractivity contribution in [3.05, 3.63) is 24.5 Å². The first-order valence-corrected chi connectivity index (χ1v) is 5.46. The number of esters is 1. The average molecular weight is 251 g/mol. The molecule has 6 heteroatoms. The Morgan fingerprint density at radius 2 is 2.44 bits per heavy atom. The number of β-lactam (4-membered cyclic amide) rings is 1. The van der Waals surface area contributed by atoms with Gasteiger partial charge in [-0.2, -0.15) is 0 Å². The summed E-state index contributed by atoms with van der Waals surface area (Å²) in [6.45, 7) is 3.57. The van der Waals surface area contributed by atoms with Gasteiger partial charge in [-0.05, 0) is 0 Å². The number of nitrogens with zero attached hydrogens (tertiary/aromatic N) is 1. The minimum atomic E-state index is -1.38. The monoisotopic (exact) mass is 251 g/mol. The van der Waals surface area contributed by atoms with Crippen molar-refractivity contribution in [1.29, 1.82) is 0 Å². The molecule has 2 aliphatic rings. The van der Waals surface area contributed by atoms with Gasteiger partial charge in [0.1, 0.15) is 12.0 Å². The van der Waals surface area contributed by atoms with Gasteiger partial charge in [0.25, 0.3) is 0 Å². The van der Waals surface area contributed by atoms with Crippen LogP contribution in [0.25, 0.3) is 0 Å². The zero-order chi connectivity index (χ0) is 13.3. The van der Waals surface area contributed by atoms with Crippen molar-refractivity contribution in [2.75, 3.05) is 7.11 Å². The number of methoxy groups -OCH3 is 1. The van der Waals surface area contributed by atoms with E-state index in [-0.39, 0.29) is 24.5 Å². The van der Waals surface area contributed by atoms with Gasteiger partial charge >= 0.3 is 5.97 Å². The average Bonchev–Trinajstić information content (AvgIpc) is 2.59. The summed E-state index contributed by atoms with van der Waals surface area (Å²) in [5.74, 6) is -0.701. The SMILES string of the molecule is C=CCC1(C(=O)OC)/C(=C/C=O)O[C@@H]2CC(=O)N21. The second-order valence-electron chi connectivity index (χ2n) is 4.05. The van der Waals surface area contributed by atoms with E-state index < -0.39 is 17.7 Å². The highest BCUT2D eigenvalue weighted by Gasteiger charge is 2.64. The van der Waals surface area contributed by atoms with Crippen LogP contribution in [-0.2, 0) is 23.9 Å². The van der Waals surface area contributed by atoms with Crippen molar-refractivity contribution in [3.63, 3.8) is 0 Å². The molecule has 2 saturated heterocycles. The third-order valence-corrected chi connectivity index (χ3v) is 3.17. The van der Waals surface area contributed by atoms with Crippen LogP contribution in [0.15, 0.2) is 24.5 Å². The Balaban J connectivity index is 2.52. The van der Waals surface area contributed by atoms with Gasteiger partial charge in [0, 0.05) is 12.5 Å². The highest BCUT2D eigenvalue weighted by Crippen LogP contribution is 2.46. The third-order valence-electron chi connectivity index (χ3n) is 3.17. The third kappa shape index (κ3) is 1.38. The molecule has 1 amide bonds. The number of ether oxygens (including phenoxy) is 2. The maximum atomic E-state index is 12.0. The summed E-state index contributed by atoms with van der Waals surface area (Å²) >= 11 is 0. The molecule has 0 N–H and O–H groups in total. The predicted molar refractivity (Wildman–Crippen MR) is 60.0 cm³/mol. The molecule has 0 saturated carbocycles. The summed E-state index contributed by atoms with van der Waals surface area (Å²) in [6, 6.07) is 0. The topological polar surface area (TPSA) is 72.9 Å². The molecular formula is C12H13NO5. The van der Waals surface area contributed by atoms with Crippen LogP contribution < -0.4 is 0 Å². The molecule has 0 radical (unpaired) electrons. The fourth-order valence-electron chi connectivity index (χ4n) is 2.40. The molecule has 0 aliphatic carbocycles. The highest BCUT2D eigenvalue weighted by molar-refractivity contribution is 5.96. The van der Waals surface area contributed by atoms with E-state index in [4.69, 9.17) is 9.47 Å². The summed E-state index contributed by atoms with van der Waals surface area (Å²) in [4.78, 5) is 35.7. The smallest absolute Gasteiger partial charge is 0.340 e. The van der Waals surface area contributed by atoms with E-state index in [2.05, 4.69) is 6.58 Å². The van der Waals surface area contributed by atoms with Gasteiger partial charge < -0.3 is 9.47 Å². The van der Waals surface area contributed by atoms with Crippen molar-refractivity contribution in [3.8, 4) is 0 Å². The number of allylic oxidation sites excluding steroid dienone is 1. The lowest BCUT2D eigenvalue weighted by atomic mass is 9.88. The van der Waals surface area contributed by atoms with Crippen molar-refractivity contribution >= 4 is 18.2 Å². The van der Waals surface area contributed by atoms with Crippen LogP contribution in [0.1, 0.15) is 12.8 Å². The first-order chi connectivity index (χ1) is 8.61. The first-order valence-electron chi connectivity index (χ1n) is 5.46. The van der Waals surface area contributed by atoms with E-state index in [0.29, 0.717) is 6.29 Å². The van der Waals surface area contributed by atoms with Crippen LogP contribution in [-0.4, -0.2) is 41.9 Å².